The van der Waals surface area contributed by atoms with Crippen LogP contribution in [0.1, 0.15) is 32.1 Å². The van der Waals surface area contributed by atoms with E-state index >= 15 is 0 Å². The molecule has 0 aromatic rings. The highest BCUT2D eigenvalue weighted by atomic mass is 15.2. The van der Waals surface area contributed by atoms with Crippen molar-refractivity contribution in [3.05, 3.63) is 0 Å². The third-order valence-corrected chi connectivity index (χ3v) is 3.86. The van der Waals surface area contributed by atoms with Crippen LogP contribution in [0.4, 0.5) is 0 Å². The molecule has 1 heterocycles. The van der Waals surface area contributed by atoms with Gasteiger partial charge < -0.3 is 5.73 Å². The van der Waals surface area contributed by atoms with Crippen LogP contribution in [0.15, 0.2) is 0 Å². The second-order valence-corrected chi connectivity index (χ2v) is 4.39. The van der Waals surface area contributed by atoms with Gasteiger partial charge in [-0.2, -0.15) is 0 Å². The van der Waals surface area contributed by atoms with Gasteiger partial charge in [-0.25, -0.2) is 0 Å². The van der Waals surface area contributed by atoms with Crippen LogP contribution < -0.4 is 5.73 Å². The van der Waals surface area contributed by atoms with Crippen LogP contribution in [-0.4, -0.2) is 30.6 Å². The lowest BCUT2D eigenvalue weighted by Gasteiger charge is -2.41. The summed E-state index contributed by atoms with van der Waals surface area (Å²) in [5.41, 5.74) is 5.73. The molecule has 1 aliphatic carbocycles. The van der Waals surface area contributed by atoms with Crippen molar-refractivity contribution in [2.75, 3.05) is 13.6 Å². The fourth-order valence-electron chi connectivity index (χ4n) is 3.06. The standard InChI is InChI=1S/C10H20N2/c1-12-9(7-11)6-5-8-3-2-4-10(8)12/h8-10H,2-7,11H2,1H3. The van der Waals surface area contributed by atoms with Crippen molar-refractivity contribution in [2.45, 2.75) is 44.2 Å². The van der Waals surface area contributed by atoms with Crippen molar-refractivity contribution in [1.82, 2.24) is 4.90 Å². The van der Waals surface area contributed by atoms with E-state index in [-0.39, 0.29) is 0 Å². The van der Waals surface area contributed by atoms with Gasteiger partial charge in [-0.3, -0.25) is 4.90 Å². The van der Waals surface area contributed by atoms with Gasteiger partial charge in [-0.15, -0.1) is 0 Å². The fraction of sp³-hybridized carbons (Fsp3) is 1.00. The number of likely N-dealkylation sites (tertiary alicyclic amines) is 1. The van der Waals surface area contributed by atoms with Crippen LogP contribution in [0, 0.1) is 5.92 Å². The lowest BCUT2D eigenvalue weighted by molar-refractivity contribution is 0.0870. The summed E-state index contributed by atoms with van der Waals surface area (Å²) in [7, 11) is 2.26. The highest BCUT2D eigenvalue weighted by Crippen LogP contribution is 2.37. The lowest BCUT2D eigenvalue weighted by Crippen LogP contribution is -2.49. The Labute approximate surface area is 75.1 Å². The molecule has 0 aromatic carbocycles. The minimum absolute atomic E-state index is 0.671. The summed E-state index contributed by atoms with van der Waals surface area (Å²) in [6.07, 6.45) is 7.08. The van der Waals surface area contributed by atoms with E-state index < -0.39 is 0 Å². The minimum atomic E-state index is 0.671. The smallest absolute Gasteiger partial charge is 0.0218 e. The van der Waals surface area contributed by atoms with Crippen molar-refractivity contribution >= 4 is 0 Å². The molecule has 0 bridgehead atoms. The van der Waals surface area contributed by atoms with E-state index in [1.54, 1.807) is 0 Å². The molecule has 3 unspecified atom stereocenters. The molecule has 2 rings (SSSR count). The Morgan fingerprint density at radius 2 is 2.08 bits per heavy atom. The minimum Gasteiger partial charge on any atom is -0.329 e. The molecule has 12 heavy (non-hydrogen) atoms. The summed E-state index contributed by atoms with van der Waals surface area (Å²) in [4.78, 5) is 2.54. The van der Waals surface area contributed by atoms with Gasteiger partial charge in [-0.05, 0) is 38.6 Å². The van der Waals surface area contributed by atoms with Gasteiger partial charge in [0.05, 0.1) is 0 Å². The fourth-order valence-corrected chi connectivity index (χ4v) is 3.06. The van der Waals surface area contributed by atoms with E-state index in [1.807, 2.05) is 0 Å². The number of piperidine rings is 1. The summed E-state index contributed by atoms with van der Waals surface area (Å²) in [6, 6.07) is 1.54. The van der Waals surface area contributed by atoms with Gasteiger partial charge in [0.15, 0.2) is 0 Å². The summed E-state index contributed by atoms with van der Waals surface area (Å²) in [5, 5.41) is 0. The number of hydrogen-bond donors (Lipinski definition) is 1. The SMILES string of the molecule is CN1C(CN)CCC2CCCC21. The zero-order chi connectivity index (χ0) is 8.55. The molecule has 1 saturated heterocycles. The van der Waals surface area contributed by atoms with E-state index in [0.29, 0.717) is 6.04 Å². The Balaban J connectivity index is 2.02. The van der Waals surface area contributed by atoms with Gasteiger partial charge in [-0.1, -0.05) is 6.42 Å². The molecule has 0 spiro atoms. The summed E-state index contributed by atoms with van der Waals surface area (Å²) >= 11 is 0. The molecular weight excluding hydrogens is 148 g/mol. The van der Waals surface area contributed by atoms with Crippen LogP contribution >= 0.6 is 0 Å². The predicted octanol–water partition coefficient (Wildman–Crippen LogP) is 1.21. The Morgan fingerprint density at radius 1 is 1.25 bits per heavy atom. The Morgan fingerprint density at radius 3 is 2.83 bits per heavy atom. The van der Waals surface area contributed by atoms with Gasteiger partial charge in [0.1, 0.15) is 0 Å². The first kappa shape index (κ1) is 8.52. The second kappa shape index (κ2) is 3.35. The maximum Gasteiger partial charge on any atom is 0.0218 e. The van der Waals surface area contributed by atoms with E-state index in [4.69, 9.17) is 5.73 Å². The molecule has 2 aliphatic rings. The van der Waals surface area contributed by atoms with Crippen molar-refractivity contribution < 1.29 is 0 Å². The van der Waals surface area contributed by atoms with E-state index in [2.05, 4.69) is 11.9 Å². The predicted molar refractivity (Wildman–Crippen MR) is 51.0 cm³/mol. The van der Waals surface area contributed by atoms with E-state index in [0.717, 1.165) is 18.5 Å². The van der Waals surface area contributed by atoms with Gasteiger partial charge >= 0.3 is 0 Å². The monoisotopic (exact) mass is 168 g/mol. The number of nitrogens with zero attached hydrogens (tertiary/aromatic N) is 1. The molecule has 0 radical (unpaired) electrons. The highest BCUT2D eigenvalue weighted by Gasteiger charge is 2.36. The highest BCUT2D eigenvalue weighted by molar-refractivity contribution is 4.92. The number of fused-ring (bicyclic) bond motifs is 1. The van der Waals surface area contributed by atoms with Gasteiger partial charge in [0, 0.05) is 18.6 Å². The van der Waals surface area contributed by atoms with Crippen molar-refractivity contribution in [3.63, 3.8) is 0 Å². The van der Waals surface area contributed by atoms with Crippen LogP contribution in [0.3, 0.4) is 0 Å². The van der Waals surface area contributed by atoms with E-state index in [9.17, 15) is 0 Å². The molecular formula is C10H20N2. The van der Waals surface area contributed by atoms with E-state index in [1.165, 1.54) is 32.1 Å². The molecule has 3 atom stereocenters. The molecule has 2 heteroatoms. The maximum atomic E-state index is 5.73. The second-order valence-electron chi connectivity index (χ2n) is 4.39. The van der Waals surface area contributed by atoms with Crippen LogP contribution in [-0.2, 0) is 0 Å². The average Bonchev–Trinajstić information content (AvgIpc) is 2.53. The molecule has 0 aromatic heterocycles. The van der Waals surface area contributed by atoms with Crippen molar-refractivity contribution in [2.24, 2.45) is 11.7 Å². The lowest BCUT2D eigenvalue weighted by atomic mass is 9.88. The molecule has 1 saturated carbocycles. The quantitative estimate of drug-likeness (QED) is 0.637. The Bertz CT molecular complexity index is 158. The number of nitrogens with two attached hydrogens (primary N) is 1. The van der Waals surface area contributed by atoms with Crippen LogP contribution in [0.2, 0.25) is 0 Å². The first-order valence-electron chi connectivity index (χ1n) is 5.25. The third-order valence-electron chi connectivity index (χ3n) is 3.86. The molecule has 2 nitrogen and oxygen atoms in total. The van der Waals surface area contributed by atoms with Crippen molar-refractivity contribution in [3.8, 4) is 0 Å². The van der Waals surface area contributed by atoms with Crippen molar-refractivity contribution in [1.29, 1.82) is 0 Å². The van der Waals surface area contributed by atoms with Gasteiger partial charge in [0.25, 0.3) is 0 Å². The van der Waals surface area contributed by atoms with Crippen LogP contribution in [0.5, 0.6) is 0 Å². The van der Waals surface area contributed by atoms with Gasteiger partial charge in [0.2, 0.25) is 0 Å². The number of likely N-dealkylation sites (N-methyl/N-ethyl adjacent to an activating group) is 1. The molecule has 2 N–H and O–H groups in total. The first-order valence-corrected chi connectivity index (χ1v) is 5.25. The normalized spacial score (nSPS) is 43.0. The Hall–Kier alpha value is -0.0800. The maximum absolute atomic E-state index is 5.73. The molecule has 0 amide bonds. The molecule has 1 aliphatic heterocycles. The van der Waals surface area contributed by atoms with Crippen LogP contribution in [0.25, 0.3) is 0 Å². The average molecular weight is 168 g/mol. The molecule has 2 fully saturated rings. The zero-order valence-corrected chi connectivity index (χ0v) is 8.00. The number of rotatable bonds is 1. The summed E-state index contributed by atoms with van der Waals surface area (Å²) < 4.78 is 0. The summed E-state index contributed by atoms with van der Waals surface area (Å²) in [5.74, 6) is 0.998. The topological polar surface area (TPSA) is 29.3 Å². The largest absolute Gasteiger partial charge is 0.329 e. The Kier molecular flexibility index (Phi) is 2.37. The third kappa shape index (κ3) is 1.27. The number of hydrogen-bond acceptors (Lipinski definition) is 2. The molecule has 70 valence electrons. The zero-order valence-electron chi connectivity index (χ0n) is 8.00. The first-order chi connectivity index (χ1) is 5.83. The summed E-state index contributed by atoms with van der Waals surface area (Å²) in [6.45, 7) is 0.847.